The average molecular weight is 397 g/mol. The maximum atomic E-state index is 12.6. The largest absolute Gasteiger partial charge is 0.497 e. The van der Waals surface area contributed by atoms with Gasteiger partial charge in [-0.15, -0.1) is 0 Å². The molecule has 3 aromatic rings. The van der Waals surface area contributed by atoms with Crippen LogP contribution in [0.5, 0.6) is 11.5 Å². The van der Waals surface area contributed by atoms with Gasteiger partial charge in [0.25, 0.3) is 5.91 Å². The standard InChI is InChI=1S/C20H23N5O4/c1-27-15-3-4-19(28-2)16(9-15)17-10-18(24-23-17)20(26)22-13-11-21-25(12-13)14-5-7-29-8-6-14/h3-4,9-12,14H,5-8H2,1-2H3,(H,22,26)(H,23,24). The summed E-state index contributed by atoms with van der Waals surface area (Å²) in [5, 5.41) is 14.3. The molecule has 2 N–H and O–H groups in total. The van der Waals surface area contributed by atoms with Gasteiger partial charge in [-0.25, -0.2) is 0 Å². The number of carbonyl (C=O) groups excluding carboxylic acids is 1. The van der Waals surface area contributed by atoms with E-state index in [9.17, 15) is 4.79 Å². The third kappa shape index (κ3) is 4.09. The highest BCUT2D eigenvalue weighted by atomic mass is 16.5. The Morgan fingerprint density at radius 3 is 2.83 bits per heavy atom. The smallest absolute Gasteiger partial charge is 0.273 e. The zero-order valence-corrected chi connectivity index (χ0v) is 16.3. The van der Waals surface area contributed by atoms with Crippen LogP contribution in [0.4, 0.5) is 5.69 Å². The number of nitrogens with one attached hydrogen (secondary N) is 2. The summed E-state index contributed by atoms with van der Waals surface area (Å²) < 4.78 is 17.9. The van der Waals surface area contributed by atoms with Crippen molar-refractivity contribution in [3.05, 3.63) is 42.4 Å². The highest BCUT2D eigenvalue weighted by molar-refractivity contribution is 6.03. The van der Waals surface area contributed by atoms with E-state index in [-0.39, 0.29) is 5.91 Å². The first kappa shape index (κ1) is 19.0. The molecule has 1 aliphatic rings. The van der Waals surface area contributed by atoms with E-state index >= 15 is 0 Å². The molecule has 0 saturated carbocycles. The Bertz CT molecular complexity index is 990. The Labute approximate surface area is 168 Å². The van der Waals surface area contributed by atoms with Gasteiger partial charge in [-0.1, -0.05) is 0 Å². The Morgan fingerprint density at radius 1 is 1.24 bits per heavy atom. The molecule has 2 aromatic heterocycles. The molecule has 152 valence electrons. The second kappa shape index (κ2) is 8.36. The van der Waals surface area contributed by atoms with Crippen LogP contribution in [0.15, 0.2) is 36.7 Å². The van der Waals surface area contributed by atoms with E-state index in [0.717, 1.165) is 31.6 Å². The molecule has 0 bridgehead atoms. The fraction of sp³-hybridized carbons (Fsp3) is 0.350. The molecule has 1 amide bonds. The van der Waals surface area contributed by atoms with Gasteiger partial charge in [0, 0.05) is 25.0 Å². The highest BCUT2D eigenvalue weighted by Gasteiger charge is 2.18. The lowest BCUT2D eigenvalue weighted by Crippen LogP contribution is -2.19. The molecule has 0 radical (unpaired) electrons. The number of carbonyl (C=O) groups is 1. The van der Waals surface area contributed by atoms with Crippen molar-refractivity contribution in [3.8, 4) is 22.8 Å². The minimum atomic E-state index is -0.294. The lowest BCUT2D eigenvalue weighted by atomic mass is 10.1. The highest BCUT2D eigenvalue weighted by Crippen LogP contribution is 2.32. The lowest BCUT2D eigenvalue weighted by molar-refractivity contribution is 0.0662. The van der Waals surface area contributed by atoms with Crippen LogP contribution in [0.3, 0.4) is 0 Å². The number of hydrogen-bond donors (Lipinski definition) is 2. The number of aromatic nitrogens is 4. The van der Waals surface area contributed by atoms with Crippen molar-refractivity contribution in [2.75, 3.05) is 32.8 Å². The van der Waals surface area contributed by atoms with Crippen LogP contribution in [0.2, 0.25) is 0 Å². The number of methoxy groups -OCH3 is 2. The number of aromatic amines is 1. The number of nitrogens with zero attached hydrogens (tertiary/aromatic N) is 3. The zero-order chi connectivity index (χ0) is 20.2. The van der Waals surface area contributed by atoms with Crippen molar-refractivity contribution in [2.24, 2.45) is 0 Å². The predicted molar refractivity (Wildman–Crippen MR) is 106 cm³/mol. The maximum Gasteiger partial charge on any atom is 0.273 e. The quantitative estimate of drug-likeness (QED) is 0.663. The molecule has 1 fully saturated rings. The summed E-state index contributed by atoms with van der Waals surface area (Å²) in [6.45, 7) is 1.47. The number of H-pyrrole nitrogens is 1. The summed E-state index contributed by atoms with van der Waals surface area (Å²) in [7, 11) is 3.18. The Hall–Kier alpha value is -3.33. The van der Waals surface area contributed by atoms with Crippen molar-refractivity contribution in [1.82, 2.24) is 20.0 Å². The van der Waals surface area contributed by atoms with Gasteiger partial charge in [0.2, 0.25) is 0 Å². The minimum absolute atomic E-state index is 0.294. The average Bonchev–Trinajstić information content (AvgIpc) is 3.44. The van der Waals surface area contributed by atoms with E-state index in [1.165, 1.54) is 0 Å². The maximum absolute atomic E-state index is 12.6. The second-order valence-electron chi connectivity index (χ2n) is 6.74. The summed E-state index contributed by atoms with van der Waals surface area (Å²) in [5.41, 5.74) is 2.29. The van der Waals surface area contributed by atoms with Gasteiger partial charge in [0.05, 0.1) is 37.8 Å². The van der Waals surface area contributed by atoms with E-state index in [0.29, 0.717) is 34.6 Å². The summed E-state index contributed by atoms with van der Waals surface area (Å²) in [6.07, 6.45) is 5.33. The molecule has 0 spiro atoms. The van der Waals surface area contributed by atoms with Gasteiger partial charge in [0.15, 0.2) is 0 Å². The Morgan fingerprint density at radius 2 is 2.07 bits per heavy atom. The molecule has 3 heterocycles. The first-order valence-corrected chi connectivity index (χ1v) is 9.39. The zero-order valence-electron chi connectivity index (χ0n) is 16.3. The molecule has 9 heteroatoms. The van der Waals surface area contributed by atoms with Gasteiger partial charge < -0.3 is 19.5 Å². The van der Waals surface area contributed by atoms with Gasteiger partial charge in [-0.2, -0.15) is 10.2 Å². The van der Waals surface area contributed by atoms with E-state index < -0.39 is 0 Å². The fourth-order valence-corrected chi connectivity index (χ4v) is 3.34. The molecule has 0 aliphatic carbocycles. The van der Waals surface area contributed by atoms with Crippen LogP contribution in [-0.4, -0.2) is 53.3 Å². The van der Waals surface area contributed by atoms with Gasteiger partial charge >= 0.3 is 0 Å². The predicted octanol–water partition coefficient (Wildman–Crippen LogP) is 2.89. The van der Waals surface area contributed by atoms with Crippen molar-refractivity contribution in [2.45, 2.75) is 18.9 Å². The fourth-order valence-electron chi connectivity index (χ4n) is 3.34. The molecule has 4 rings (SSSR count). The number of hydrogen-bond acceptors (Lipinski definition) is 6. The van der Waals surface area contributed by atoms with E-state index in [2.05, 4.69) is 20.6 Å². The molecule has 1 aliphatic heterocycles. The van der Waals surface area contributed by atoms with Crippen molar-refractivity contribution >= 4 is 11.6 Å². The number of amides is 1. The lowest BCUT2D eigenvalue weighted by Gasteiger charge is -2.22. The van der Waals surface area contributed by atoms with Gasteiger partial charge in [-0.3, -0.25) is 14.6 Å². The summed E-state index contributed by atoms with van der Waals surface area (Å²) >= 11 is 0. The van der Waals surface area contributed by atoms with Crippen molar-refractivity contribution in [3.63, 3.8) is 0 Å². The molecule has 0 unspecified atom stereocenters. The van der Waals surface area contributed by atoms with Gasteiger partial charge in [0.1, 0.15) is 17.2 Å². The van der Waals surface area contributed by atoms with E-state index in [1.807, 2.05) is 16.9 Å². The third-order valence-electron chi connectivity index (χ3n) is 4.93. The molecule has 1 aromatic carbocycles. The summed E-state index contributed by atoms with van der Waals surface area (Å²) in [4.78, 5) is 12.6. The number of rotatable bonds is 6. The third-order valence-corrected chi connectivity index (χ3v) is 4.93. The van der Waals surface area contributed by atoms with Crippen LogP contribution in [0.25, 0.3) is 11.3 Å². The minimum Gasteiger partial charge on any atom is -0.497 e. The first-order chi connectivity index (χ1) is 14.2. The molecule has 9 nitrogen and oxygen atoms in total. The molecular weight excluding hydrogens is 374 g/mol. The molecule has 29 heavy (non-hydrogen) atoms. The Kier molecular flexibility index (Phi) is 5.48. The number of benzene rings is 1. The first-order valence-electron chi connectivity index (χ1n) is 9.39. The van der Waals surface area contributed by atoms with E-state index in [1.54, 1.807) is 38.6 Å². The molecular formula is C20H23N5O4. The normalized spacial score (nSPS) is 14.6. The topological polar surface area (TPSA) is 103 Å². The van der Waals surface area contributed by atoms with Crippen LogP contribution < -0.4 is 14.8 Å². The van der Waals surface area contributed by atoms with Crippen LogP contribution in [-0.2, 0) is 4.74 Å². The molecule has 0 atom stereocenters. The van der Waals surface area contributed by atoms with Crippen LogP contribution in [0.1, 0.15) is 29.4 Å². The van der Waals surface area contributed by atoms with Crippen LogP contribution >= 0.6 is 0 Å². The van der Waals surface area contributed by atoms with Crippen LogP contribution in [0, 0.1) is 0 Å². The molecule has 1 saturated heterocycles. The van der Waals surface area contributed by atoms with E-state index in [4.69, 9.17) is 14.2 Å². The second-order valence-corrected chi connectivity index (χ2v) is 6.74. The SMILES string of the molecule is COc1ccc(OC)c(-c2cc(C(=O)Nc3cnn(C4CCOCC4)c3)[nH]n2)c1. The summed E-state index contributed by atoms with van der Waals surface area (Å²) in [6, 6.07) is 7.39. The summed E-state index contributed by atoms with van der Waals surface area (Å²) in [5.74, 6) is 1.02. The number of anilines is 1. The number of ether oxygens (including phenoxy) is 3. The van der Waals surface area contributed by atoms with Gasteiger partial charge in [-0.05, 0) is 37.1 Å². The Balaban J connectivity index is 1.49. The monoisotopic (exact) mass is 397 g/mol. The van der Waals surface area contributed by atoms with Crippen molar-refractivity contribution in [1.29, 1.82) is 0 Å². The van der Waals surface area contributed by atoms with Crippen molar-refractivity contribution < 1.29 is 19.0 Å².